The molecule has 0 amide bonds. The lowest BCUT2D eigenvalue weighted by atomic mass is 10.2. The predicted molar refractivity (Wildman–Crippen MR) is 77.9 cm³/mol. The van der Waals surface area contributed by atoms with Gasteiger partial charge < -0.3 is 9.80 Å². The van der Waals surface area contributed by atoms with Crippen LogP contribution in [-0.4, -0.2) is 36.1 Å². The summed E-state index contributed by atoms with van der Waals surface area (Å²) in [5.41, 5.74) is -0.142. The maximum atomic E-state index is 12.5. The quantitative estimate of drug-likeness (QED) is 0.854. The highest BCUT2D eigenvalue weighted by Gasteiger charge is 2.32. The molecular weight excluding hydrogens is 293 g/mol. The molecular formula is C15H15F3N4. The van der Waals surface area contributed by atoms with E-state index in [9.17, 15) is 13.2 Å². The molecule has 0 aromatic carbocycles. The Morgan fingerprint density at radius 2 is 1.59 bits per heavy atom. The van der Waals surface area contributed by atoms with Crippen LogP contribution in [0.5, 0.6) is 0 Å². The van der Waals surface area contributed by atoms with E-state index in [4.69, 9.17) is 0 Å². The number of pyridine rings is 2. The first-order valence-electron chi connectivity index (χ1n) is 6.98. The van der Waals surface area contributed by atoms with Crippen molar-refractivity contribution < 1.29 is 13.2 Å². The van der Waals surface area contributed by atoms with Crippen LogP contribution in [0.2, 0.25) is 0 Å². The molecule has 1 saturated heterocycles. The van der Waals surface area contributed by atoms with Crippen molar-refractivity contribution in [3.05, 3.63) is 48.4 Å². The summed E-state index contributed by atoms with van der Waals surface area (Å²) in [6.07, 6.45) is -1.35. The predicted octanol–water partition coefficient (Wildman–Crippen LogP) is 2.82. The van der Waals surface area contributed by atoms with Gasteiger partial charge in [0.25, 0.3) is 0 Å². The van der Waals surface area contributed by atoms with Crippen LogP contribution in [0.3, 0.4) is 0 Å². The first-order chi connectivity index (χ1) is 10.5. The van der Waals surface area contributed by atoms with E-state index in [-0.39, 0.29) is 0 Å². The fourth-order valence-electron chi connectivity index (χ4n) is 2.48. The van der Waals surface area contributed by atoms with Gasteiger partial charge in [-0.3, -0.25) is 0 Å². The Morgan fingerprint density at radius 1 is 0.864 bits per heavy atom. The highest BCUT2D eigenvalue weighted by molar-refractivity contribution is 5.48. The largest absolute Gasteiger partial charge is 0.433 e. The molecule has 2 aromatic rings. The van der Waals surface area contributed by atoms with Gasteiger partial charge in [0, 0.05) is 32.4 Å². The van der Waals surface area contributed by atoms with Crippen molar-refractivity contribution in [3.63, 3.8) is 0 Å². The lowest BCUT2D eigenvalue weighted by Gasteiger charge is -2.36. The Hall–Kier alpha value is -2.31. The van der Waals surface area contributed by atoms with E-state index in [1.165, 1.54) is 12.3 Å². The third-order valence-electron chi connectivity index (χ3n) is 3.66. The van der Waals surface area contributed by atoms with Crippen LogP contribution in [0, 0.1) is 0 Å². The molecule has 1 fully saturated rings. The minimum absolute atomic E-state index is 0.716. The molecule has 0 bridgehead atoms. The molecule has 0 saturated carbocycles. The molecule has 0 unspecified atom stereocenters. The van der Waals surface area contributed by atoms with Gasteiger partial charge in [-0.05, 0) is 24.3 Å². The van der Waals surface area contributed by atoms with E-state index in [0.717, 1.165) is 38.1 Å². The number of hydrogen-bond acceptors (Lipinski definition) is 4. The second kappa shape index (κ2) is 5.82. The van der Waals surface area contributed by atoms with Gasteiger partial charge in [0.05, 0.1) is 11.9 Å². The number of rotatable bonds is 2. The highest BCUT2D eigenvalue weighted by Crippen LogP contribution is 2.28. The summed E-state index contributed by atoms with van der Waals surface area (Å²) in [6.45, 7) is 3.00. The normalized spacial score (nSPS) is 16.0. The monoisotopic (exact) mass is 308 g/mol. The number of alkyl halides is 3. The van der Waals surface area contributed by atoms with E-state index in [1.54, 1.807) is 6.20 Å². The molecule has 1 aliphatic rings. The Labute approximate surface area is 126 Å². The molecule has 0 N–H and O–H groups in total. The number of anilines is 2. The van der Waals surface area contributed by atoms with E-state index < -0.39 is 11.9 Å². The number of piperazine rings is 1. The second-order valence-electron chi connectivity index (χ2n) is 5.06. The number of halogens is 3. The van der Waals surface area contributed by atoms with Crippen LogP contribution in [0.25, 0.3) is 0 Å². The standard InChI is InChI=1S/C15H15F3N4/c16-15(17,18)13-5-4-12(11-20-13)21-7-9-22(10-8-21)14-3-1-2-6-19-14/h1-6,11H,7-10H2. The Balaban J connectivity index is 1.64. The zero-order chi connectivity index (χ0) is 15.6. The van der Waals surface area contributed by atoms with E-state index >= 15 is 0 Å². The van der Waals surface area contributed by atoms with Crippen molar-refractivity contribution in [2.45, 2.75) is 6.18 Å². The molecule has 0 spiro atoms. The topological polar surface area (TPSA) is 32.3 Å². The minimum atomic E-state index is -4.39. The van der Waals surface area contributed by atoms with Crippen molar-refractivity contribution in [2.24, 2.45) is 0 Å². The SMILES string of the molecule is FC(F)(F)c1ccc(N2CCN(c3ccccn3)CC2)cn1. The maximum Gasteiger partial charge on any atom is 0.433 e. The van der Waals surface area contributed by atoms with Crippen LogP contribution >= 0.6 is 0 Å². The lowest BCUT2D eigenvalue weighted by Crippen LogP contribution is -2.46. The summed E-state index contributed by atoms with van der Waals surface area (Å²) in [5, 5.41) is 0. The van der Waals surface area contributed by atoms with Crippen molar-refractivity contribution in [3.8, 4) is 0 Å². The smallest absolute Gasteiger partial charge is 0.367 e. The third-order valence-corrected chi connectivity index (χ3v) is 3.66. The average molecular weight is 308 g/mol. The van der Waals surface area contributed by atoms with Gasteiger partial charge in [-0.15, -0.1) is 0 Å². The number of nitrogens with zero attached hydrogens (tertiary/aromatic N) is 4. The van der Waals surface area contributed by atoms with Crippen molar-refractivity contribution >= 4 is 11.5 Å². The molecule has 0 aliphatic carbocycles. The van der Waals surface area contributed by atoms with Crippen LogP contribution in [0.15, 0.2) is 42.7 Å². The molecule has 0 radical (unpaired) electrons. The Kier molecular flexibility index (Phi) is 3.87. The summed E-state index contributed by atoms with van der Waals surface area (Å²) in [6, 6.07) is 8.27. The zero-order valence-electron chi connectivity index (χ0n) is 11.8. The van der Waals surface area contributed by atoms with Gasteiger partial charge in [0.1, 0.15) is 11.5 Å². The van der Waals surface area contributed by atoms with Crippen LogP contribution in [0.4, 0.5) is 24.7 Å². The third kappa shape index (κ3) is 3.13. The fourth-order valence-corrected chi connectivity index (χ4v) is 2.48. The van der Waals surface area contributed by atoms with E-state index in [0.29, 0.717) is 5.69 Å². The van der Waals surface area contributed by atoms with E-state index in [1.807, 2.05) is 23.1 Å². The summed E-state index contributed by atoms with van der Waals surface area (Å²) in [4.78, 5) is 12.0. The second-order valence-corrected chi connectivity index (χ2v) is 5.06. The van der Waals surface area contributed by atoms with Crippen LogP contribution in [-0.2, 0) is 6.18 Å². The number of hydrogen-bond donors (Lipinski definition) is 0. The van der Waals surface area contributed by atoms with Gasteiger partial charge in [0.2, 0.25) is 0 Å². The first kappa shape index (κ1) is 14.6. The zero-order valence-corrected chi connectivity index (χ0v) is 11.8. The molecule has 1 aliphatic heterocycles. The van der Waals surface area contributed by atoms with Gasteiger partial charge in [0.15, 0.2) is 0 Å². The van der Waals surface area contributed by atoms with Crippen LogP contribution < -0.4 is 9.80 Å². The average Bonchev–Trinajstić information content (AvgIpc) is 2.55. The molecule has 7 heteroatoms. The maximum absolute atomic E-state index is 12.5. The van der Waals surface area contributed by atoms with Crippen molar-refractivity contribution in [1.82, 2.24) is 9.97 Å². The molecule has 2 aromatic heterocycles. The van der Waals surface area contributed by atoms with Crippen LogP contribution in [0.1, 0.15) is 5.69 Å². The van der Waals surface area contributed by atoms with Gasteiger partial charge in [-0.2, -0.15) is 13.2 Å². The molecule has 3 heterocycles. The van der Waals surface area contributed by atoms with Crippen molar-refractivity contribution in [1.29, 1.82) is 0 Å². The molecule has 116 valence electrons. The molecule has 3 rings (SSSR count). The summed E-state index contributed by atoms with van der Waals surface area (Å²) in [5.74, 6) is 0.924. The fraction of sp³-hybridized carbons (Fsp3) is 0.333. The van der Waals surface area contributed by atoms with Gasteiger partial charge >= 0.3 is 6.18 Å². The molecule has 22 heavy (non-hydrogen) atoms. The van der Waals surface area contributed by atoms with Gasteiger partial charge in [-0.1, -0.05) is 6.07 Å². The Bertz CT molecular complexity index is 605. The minimum Gasteiger partial charge on any atom is -0.367 e. The molecule has 4 nitrogen and oxygen atoms in total. The van der Waals surface area contributed by atoms with Gasteiger partial charge in [-0.25, -0.2) is 9.97 Å². The van der Waals surface area contributed by atoms with E-state index in [2.05, 4.69) is 14.9 Å². The summed E-state index contributed by atoms with van der Waals surface area (Å²) in [7, 11) is 0. The summed E-state index contributed by atoms with van der Waals surface area (Å²) < 4.78 is 37.5. The lowest BCUT2D eigenvalue weighted by molar-refractivity contribution is -0.141. The van der Waals surface area contributed by atoms with Crippen molar-refractivity contribution in [2.75, 3.05) is 36.0 Å². The number of aromatic nitrogens is 2. The summed E-state index contributed by atoms with van der Waals surface area (Å²) >= 11 is 0. The Morgan fingerprint density at radius 3 is 2.14 bits per heavy atom. The highest BCUT2D eigenvalue weighted by atomic mass is 19.4. The first-order valence-corrected chi connectivity index (χ1v) is 6.98. The molecule has 0 atom stereocenters.